The van der Waals surface area contributed by atoms with Gasteiger partial charge in [-0.1, -0.05) is 50.2 Å². The Morgan fingerprint density at radius 3 is 2.02 bits per heavy atom. The second kappa shape index (κ2) is 12.7. The van der Waals surface area contributed by atoms with Gasteiger partial charge in [0.15, 0.2) is 0 Å². The van der Waals surface area contributed by atoms with Crippen molar-refractivity contribution in [1.29, 1.82) is 0 Å². The number of rotatable bonds is 5. The van der Waals surface area contributed by atoms with E-state index < -0.39 is 41.6 Å². The molecule has 0 spiro atoms. The number of alkyl carbamates (subject to hydrolysis) is 1. The van der Waals surface area contributed by atoms with Crippen LogP contribution in [0.3, 0.4) is 0 Å². The van der Waals surface area contributed by atoms with Crippen LogP contribution in [0.5, 0.6) is 0 Å². The highest BCUT2D eigenvalue weighted by atomic mass is 16.6. The molecule has 246 valence electrons. The van der Waals surface area contributed by atoms with Crippen LogP contribution in [0.25, 0.3) is 33.0 Å². The molecule has 2 aromatic carbocycles. The number of imide groups is 1. The van der Waals surface area contributed by atoms with Crippen LogP contribution in [0, 0.1) is 5.92 Å². The number of hydrogen-bond acceptors (Lipinski definition) is 7. The first-order valence-electron chi connectivity index (χ1n) is 16.0. The van der Waals surface area contributed by atoms with E-state index in [2.05, 4.69) is 10.6 Å². The monoisotopic (exact) mass is 640 g/mol. The summed E-state index contributed by atoms with van der Waals surface area (Å²) in [4.78, 5) is 52.4. The molecule has 0 radical (unpaired) electrons. The lowest BCUT2D eigenvalue weighted by Crippen LogP contribution is -2.47. The summed E-state index contributed by atoms with van der Waals surface area (Å²) in [5.74, 6) is -1.65. The van der Waals surface area contributed by atoms with Crippen LogP contribution in [0.15, 0.2) is 60.9 Å². The number of fused-ring (bicyclic) bond motifs is 12. The molecule has 6 rings (SSSR count). The average Bonchev–Trinajstić information content (AvgIpc) is 3.65. The van der Waals surface area contributed by atoms with Gasteiger partial charge in [-0.15, -0.1) is 0 Å². The van der Waals surface area contributed by atoms with Gasteiger partial charge in [0.25, 0.3) is 11.8 Å². The molecule has 2 atom stereocenters. The van der Waals surface area contributed by atoms with Crippen LogP contribution in [0.2, 0.25) is 0 Å². The molecule has 3 amide bonds. The minimum atomic E-state index is -0.897. The van der Waals surface area contributed by atoms with Crippen molar-refractivity contribution in [3.8, 4) is 0 Å². The number of nitrogens with zero attached hydrogens (tertiary/aromatic N) is 2. The maximum Gasteiger partial charge on any atom is 0.408 e. The quantitative estimate of drug-likeness (QED) is 0.231. The predicted octanol–water partition coefficient (Wildman–Crippen LogP) is 5.04. The van der Waals surface area contributed by atoms with Gasteiger partial charge in [-0.05, 0) is 45.2 Å². The molecule has 0 aliphatic carbocycles. The second-order valence-electron chi connectivity index (χ2n) is 13.3. The maximum atomic E-state index is 13.4. The molecular weight excluding hydrogens is 600 g/mol. The lowest BCUT2D eigenvalue weighted by molar-refractivity contribution is -0.152. The lowest BCUT2D eigenvalue weighted by atomic mass is 9.95. The number of benzene rings is 2. The van der Waals surface area contributed by atoms with Crippen molar-refractivity contribution in [2.45, 2.75) is 71.9 Å². The number of ether oxygens (including phenoxy) is 3. The summed E-state index contributed by atoms with van der Waals surface area (Å²) in [7, 11) is 0. The minimum absolute atomic E-state index is 0.0198. The Morgan fingerprint density at radius 1 is 0.915 bits per heavy atom. The number of carbonyl (C=O) groups is 4. The number of para-hydroxylation sites is 2. The van der Waals surface area contributed by atoms with Gasteiger partial charge in [0.05, 0.1) is 23.9 Å². The molecule has 2 aromatic heterocycles. The summed E-state index contributed by atoms with van der Waals surface area (Å²) < 4.78 is 21.5. The third-order valence-electron chi connectivity index (χ3n) is 8.43. The Labute approximate surface area is 272 Å². The van der Waals surface area contributed by atoms with E-state index in [1.165, 1.54) is 0 Å². The Hall–Kier alpha value is -4.90. The largest absolute Gasteiger partial charge is 0.461 e. The normalized spacial score (nSPS) is 17.8. The Balaban J connectivity index is 1.33. The third-order valence-corrected chi connectivity index (χ3v) is 8.43. The van der Waals surface area contributed by atoms with Gasteiger partial charge in [0, 0.05) is 58.4 Å². The topological polar surface area (TPSA) is 130 Å². The van der Waals surface area contributed by atoms with E-state index in [-0.39, 0.29) is 12.5 Å². The summed E-state index contributed by atoms with van der Waals surface area (Å²) in [5, 5.41) is 6.88. The second-order valence-corrected chi connectivity index (χ2v) is 13.3. The zero-order chi connectivity index (χ0) is 33.5. The highest BCUT2D eigenvalue weighted by Gasteiger charge is 2.36. The van der Waals surface area contributed by atoms with Crippen LogP contribution < -0.4 is 10.6 Å². The van der Waals surface area contributed by atoms with Gasteiger partial charge in [-0.2, -0.15) is 0 Å². The third kappa shape index (κ3) is 6.53. The molecule has 4 bridgehead atoms. The van der Waals surface area contributed by atoms with Crippen LogP contribution >= 0.6 is 0 Å². The number of nitrogens with one attached hydrogen (secondary N) is 2. The molecule has 0 saturated heterocycles. The van der Waals surface area contributed by atoms with Crippen molar-refractivity contribution in [1.82, 2.24) is 19.8 Å². The lowest BCUT2D eigenvalue weighted by Gasteiger charge is -2.25. The van der Waals surface area contributed by atoms with E-state index in [1.807, 2.05) is 83.9 Å². The van der Waals surface area contributed by atoms with Crippen LogP contribution in [0.1, 0.15) is 52.2 Å². The minimum Gasteiger partial charge on any atom is -0.461 e. The Morgan fingerprint density at radius 2 is 1.47 bits per heavy atom. The molecule has 2 aliphatic rings. The summed E-state index contributed by atoms with van der Waals surface area (Å²) in [6, 6.07) is 14.6. The van der Waals surface area contributed by atoms with Gasteiger partial charge in [-0.3, -0.25) is 14.9 Å². The molecule has 0 fully saturated rings. The van der Waals surface area contributed by atoms with Crippen molar-refractivity contribution < 1.29 is 33.4 Å². The van der Waals surface area contributed by atoms with Gasteiger partial charge >= 0.3 is 12.1 Å². The molecule has 0 saturated carbocycles. The van der Waals surface area contributed by atoms with E-state index in [0.717, 1.165) is 21.8 Å². The number of amides is 3. The molecule has 47 heavy (non-hydrogen) atoms. The molecule has 11 heteroatoms. The zero-order valence-corrected chi connectivity index (χ0v) is 27.3. The highest BCUT2D eigenvalue weighted by molar-refractivity contribution is 6.50. The number of hydrogen-bond donors (Lipinski definition) is 2. The fraction of sp³-hybridized carbons (Fsp3) is 0.389. The summed E-state index contributed by atoms with van der Waals surface area (Å²) in [6.45, 7) is 10.2. The van der Waals surface area contributed by atoms with Crippen LogP contribution in [-0.4, -0.2) is 64.0 Å². The van der Waals surface area contributed by atoms with Crippen LogP contribution in [0.4, 0.5) is 4.79 Å². The smallest absolute Gasteiger partial charge is 0.408 e. The van der Waals surface area contributed by atoms with Gasteiger partial charge in [0.2, 0.25) is 0 Å². The summed E-state index contributed by atoms with van der Waals surface area (Å²) in [5.41, 5.74) is 3.15. The first kappa shape index (κ1) is 32.1. The van der Waals surface area contributed by atoms with Gasteiger partial charge in [-0.25, -0.2) is 9.59 Å². The predicted molar refractivity (Wildman–Crippen MR) is 177 cm³/mol. The molecule has 2 aliphatic heterocycles. The van der Waals surface area contributed by atoms with E-state index in [0.29, 0.717) is 48.4 Å². The van der Waals surface area contributed by atoms with E-state index >= 15 is 0 Å². The van der Waals surface area contributed by atoms with Gasteiger partial charge in [0.1, 0.15) is 18.2 Å². The van der Waals surface area contributed by atoms with Crippen LogP contribution in [-0.2, 0) is 41.7 Å². The van der Waals surface area contributed by atoms with Crippen molar-refractivity contribution in [2.24, 2.45) is 5.92 Å². The molecular formula is C36H40N4O7. The van der Waals surface area contributed by atoms with Crippen molar-refractivity contribution in [3.05, 3.63) is 72.1 Å². The first-order chi connectivity index (χ1) is 22.4. The highest BCUT2D eigenvalue weighted by Crippen LogP contribution is 2.39. The van der Waals surface area contributed by atoms with Crippen molar-refractivity contribution in [2.75, 3.05) is 13.2 Å². The van der Waals surface area contributed by atoms with Crippen molar-refractivity contribution in [3.63, 3.8) is 0 Å². The number of aryl methyl sites for hydroxylation is 1. The molecule has 4 heterocycles. The Kier molecular flexibility index (Phi) is 8.67. The summed E-state index contributed by atoms with van der Waals surface area (Å²) >= 11 is 0. The zero-order valence-electron chi connectivity index (χ0n) is 27.3. The summed E-state index contributed by atoms with van der Waals surface area (Å²) in [6.07, 6.45) is 3.15. The molecule has 2 N–H and O–H groups in total. The maximum absolute atomic E-state index is 13.4. The Bertz CT molecular complexity index is 1910. The number of esters is 1. The fourth-order valence-electron chi connectivity index (χ4n) is 6.24. The fourth-order valence-corrected chi connectivity index (χ4v) is 6.24. The van der Waals surface area contributed by atoms with E-state index in [9.17, 15) is 19.2 Å². The molecule has 4 aromatic rings. The van der Waals surface area contributed by atoms with E-state index in [1.54, 1.807) is 20.8 Å². The molecule has 11 nitrogen and oxygen atoms in total. The average molecular weight is 641 g/mol. The van der Waals surface area contributed by atoms with Crippen molar-refractivity contribution >= 4 is 56.8 Å². The standard InChI is InChI=1S/C36H40N4O7/c1-21(2)31(37-35(44)47-36(3,4)5)34(43)46-20-22-14-15-39-18-25(23-10-6-8-12-27(23)39)29-30(33(42)38-32(29)41)26-19-40(16-17-45-22)28-13-9-7-11-24(26)28/h6-13,18-19,21-22,31H,14-17,20H2,1-5H3,(H,37,44)(H,38,41,42)/t22-,31+/m0/s1. The number of aromatic nitrogens is 2. The molecule has 0 unspecified atom stereocenters. The van der Waals surface area contributed by atoms with Gasteiger partial charge < -0.3 is 28.7 Å². The van der Waals surface area contributed by atoms with E-state index in [4.69, 9.17) is 14.2 Å². The SMILES string of the molecule is CC(C)[C@@H](NC(=O)OC(C)(C)C)C(=O)OC[C@@H]1CCn2cc(c3ccccc32)C2=C(C(=O)NC2=O)c2cn(c3ccccc23)CCO1. The number of carbonyl (C=O) groups excluding carboxylic acids is 4. The first-order valence-corrected chi connectivity index (χ1v) is 16.0.